The molecule has 11 heteroatoms. The van der Waals surface area contributed by atoms with E-state index in [1.165, 1.54) is 55.1 Å². The number of hydrogen-bond acceptors (Lipinski definition) is 7. The van der Waals surface area contributed by atoms with Crippen LogP contribution in [-0.2, 0) is 14.8 Å². The lowest BCUT2D eigenvalue weighted by molar-refractivity contribution is -0.384. The summed E-state index contributed by atoms with van der Waals surface area (Å²) in [4.78, 5) is 22.9. The van der Waals surface area contributed by atoms with E-state index in [2.05, 4.69) is 10.4 Å². The van der Waals surface area contributed by atoms with Gasteiger partial charge in [0.1, 0.15) is 0 Å². The Labute approximate surface area is 177 Å². The van der Waals surface area contributed by atoms with Gasteiger partial charge >= 0.3 is 0 Å². The number of rotatable bonds is 6. The van der Waals surface area contributed by atoms with Gasteiger partial charge in [0.15, 0.2) is 0 Å². The lowest BCUT2D eigenvalue weighted by Gasteiger charge is -2.08. The van der Waals surface area contributed by atoms with Crippen LogP contribution in [0, 0.1) is 24.0 Å². The molecule has 0 unspecified atom stereocenters. The van der Waals surface area contributed by atoms with Crippen LogP contribution in [-0.4, -0.2) is 28.4 Å². The Morgan fingerprint density at radius 2 is 1.70 bits per heavy atom. The van der Waals surface area contributed by atoms with Crippen LogP contribution in [0.15, 0.2) is 63.2 Å². The maximum Gasteiger partial charge on any atom is 0.283 e. The average molecular weight is 447 g/mol. The molecule has 0 atom stereocenters. The molecule has 156 valence electrons. The van der Waals surface area contributed by atoms with Crippen molar-refractivity contribution >= 4 is 39.1 Å². The summed E-state index contributed by atoms with van der Waals surface area (Å²) in [6.07, 6.45) is 0. The van der Waals surface area contributed by atoms with Gasteiger partial charge in [0, 0.05) is 29.6 Å². The first-order valence-electron chi connectivity index (χ1n) is 8.71. The van der Waals surface area contributed by atoms with Crippen LogP contribution in [0.2, 0.25) is 0 Å². The molecule has 0 aliphatic rings. The molecule has 0 saturated heterocycles. The van der Waals surface area contributed by atoms with E-state index in [1.54, 1.807) is 26.0 Å². The van der Waals surface area contributed by atoms with Gasteiger partial charge in [-0.05, 0) is 50.2 Å². The van der Waals surface area contributed by atoms with Crippen molar-refractivity contribution in [2.75, 3.05) is 5.32 Å². The topological polar surface area (TPSA) is 124 Å². The van der Waals surface area contributed by atoms with Gasteiger partial charge in [0.05, 0.1) is 26.1 Å². The van der Waals surface area contributed by atoms with E-state index >= 15 is 0 Å². The number of non-ortho nitro benzene ring substituents is 1. The van der Waals surface area contributed by atoms with Crippen LogP contribution in [0.4, 0.5) is 11.4 Å². The number of nitrogens with zero attached hydrogens (tertiary/aromatic N) is 3. The first-order valence-corrected chi connectivity index (χ1v) is 11.0. The first kappa shape index (κ1) is 21.5. The van der Waals surface area contributed by atoms with Crippen LogP contribution in [0.3, 0.4) is 0 Å². The summed E-state index contributed by atoms with van der Waals surface area (Å²) >= 11 is 1.28. The van der Waals surface area contributed by atoms with Crippen LogP contribution < -0.4 is 5.32 Å². The quantitative estimate of drug-likeness (QED) is 0.451. The number of nitro benzene ring substituents is 1. The van der Waals surface area contributed by atoms with Gasteiger partial charge in [-0.3, -0.25) is 14.9 Å². The lowest BCUT2D eigenvalue weighted by atomic mass is 10.3. The Kier molecular flexibility index (Phi) is 5.94. The van der Waals surface area contributed by atoms with E-state index < -0.39 is 14.9 Å². The normalized spacial score (nSPS) is 11.3. The molecule has 30 heavy (non-hydrogen) atoms. The van der Waals surface area contributed by atoms with E-state index in [1.807, 2.05) is 0 Å². The third-order valence-corrected chi connectivity index (χ3v) is 7.13. The molecule has 0 aliphatic carbocycles. The number of amides is 1. The number of aryl methyl sites for hydroxylation is 1. The minimum atomic E-state index is -3.94. The monoisotopic (exact) mass is 446 g/mol. The predicted octanol–water partition coefficient (Wildman–Crippen LogP) is 3.75. The molecule has 9 nitrogen and oxygen atoms in total. The summed E-state index contributed by atoms with van der Waals surface area (Å²) in [5.74, 6) is -0.253. The third-order valence-electron chi connectivity index (χ3n) is 4.15. The molecular formula is C19H18N4O5S2. The molecule has 1 aromatic heterocycles. The SMILES string of the molecule is CC(=O)Nc1ccc(S(=O)(=O)n2nc(C)c(Sc3ccc([N+](=O)[O-])cc3)c2C)cc1. The van der Waals surface area contributed by atoms with Gasteiger partial charge in [-0.2, -0.15) is 17.6 Å². The van der Waals surface area contributed by atoms with Gasteiger partial charge in [0.25, 0.3) is 15.7 Å². The second-order valence-corrected chi connectivity index (χ2v) is 9.26. The van der Waals surface area contributed by atoms with Crippen molar-refractivity contribution in [2.24, 2.45) is 0 Å². The lowest BCUT2D eigenvalue weighted by Crippen LogP contribution is -2.16. The van der Waals surface area contributed by atoms with Crippen molar-refractivity contribution in [2.45, 2.75) is 35.5 Å². The van der Waals surface area contributed by atoms with E-state index in [0.717, 1.165) is 8.98 Å². The highest BCUT2D eigenvalue weighted by Gasteiger charge is 2.24. The van der Waals surface area contributed by atoms with Gasteiger partial charge < -0.3 is 5.32 Å². The fourth-order valence-corrected chi connectivity index (χ4v) is 5.10. The number of nitro groups is 1. The Bertz CT molecular complexity index is 1220. The molecule has 1 N–H and O–H groups in total. The second-order valence-electron chi connectivity index (χ2n) is 6.41. The second kappa shape index (κ2) is 8.28. The van der Waals surface area contributed by atoms with Crippen LogP contribution >= 0.6 is 11.8 Å². The molecule has 0 saturated carbocycles. The van der Waals surface area contributed by atoms with Gasteiger partial charge in [-0.1, -0.05) is 11.8 Å². The molecule has 1 amide bonds. The number of anilines is 1. The molecule has 1 heterocycles. The molecule has 0 aliphatic heterocycles. The van der Waals surface area contributed by atoms with Gasteiger partial charge in [-0.25, -0.2) is 0 Å². The molecule has 0 fully saturated rings. The highest BCUT2D eigenvalue weighted by atomic mass is 32.2. The molecule has 3 rings (SSSR count). The Balaban J connectivity index is 1.91. The zero-order valence-electron chi connectivity index (χ0n) is 16.3. The van der Waals surface area contributed by atoms with Crippen molar-refractivity contribution in [3.05, 3.63) is 70.0 Å². The summed E-state index contributed by atoms with van der Waals surface area (Å²) in [6, 6.07) is 11.8. The van der Waals surface area contributed by atoms with Crippen molar-refractivity contribution < 1.29 is 18.1 Å². The largest absolute Gasteiger partial charge is 0.326 e. The van der Waals surface area contributed by atoms with Crippen molar-refractivity contribution in [1.82, 2.24) is 9.19 Å². The molecule has 0 spiro atoms. The fourth-order valence-electron chi connectivity index (χ4n) is 2.75. The standard InChI is InChI=1S/C19H18N4O5S2/c1-12-19(29-17-8-6-16(7-9-17)23(25)26)13(2)22(21-12)30(27,28)18-10-4-15(5-11-18)20-14(3)24/h4-11H,1-3H3,(H,20,24). The van der Waals surface area contributed by atoms with Crippen LogP contribution in [0.25, 0.3) is 0 Å². The number of nitrogens with one attached hydrogen (secondary N) is 1. The van der Waals surface area contributed by atoms with E-state index in [4.69, 9.17) is 0 Å². The number of carbonyl (C=O) groups excluding carboxylic acids is 1. The minimum Gasteiger partial charge on any atom is -0.326 e. The fraction of sp³-hybridized carbons (Fsp3) is 0.158. The van der Waals surface area contributed by atoms with Gasteiger partial charge in [-0.15, -0.1) is 0 Å². The maximum atomic E-state index is 13.1. The first-order chi connectivity index (χ1) is 14.1. The minimum absolute atomic E-state index is 0.0197. The zero-order chi connectivity index (χ0) is 22.1. The number of aromatic nitrogens is 2. The summed E-state index contributed by atoms with van der Waals surface area (Å²) in [5.41, 5.74) is 1.43. The molecule has 3 aromatic rings. The summed E-state index contributed by atoms with van der Waals surface area (Å²) < 4.78 is 27.1. The maximum absolute atomic E-state index is 13.1. The van der Waals surface area contributed by atoms with Crippen LogP contribution in [0.5, 0.6) is 0 Å². The third kappa shape index (κ3) is 4.36. The van der Waals surface area contributed by atoms with Gasteiger partial charge in [0.2, 0.25) is 5.91 Å². The highest BCUT2D eigenvalue weighted by molar-refractivity contribution is 7.99. The summed E-state index contributed by atoms with van der Waals surface area (Å²) in [7, 11) is -3.94. The molecule has 0 radical (unpaired) electrons. The van der Waals surface area contributed by atoms with Crippen LogP contribution in [0.1, 0.15) is 18.3 Å². The van der Waals surface area contributed by atoms with Crippen molar-refractivity contribution in [3.8, 4) is 0 Å². The van der Waals surface area contributed by atoms with Crippen molar-refractivity contribution in [3.63, 3.8) is 0 Å². The Morgan fingerprint density at radius 3 is 2.23 bits per heavy atom. The predicted molar refractivity (Wildman–Crippen MR) is 112 cm³/mol. The Hall–Kier alpha value is -3.18. The number of benzene rings is 2. The summed E-state index contributed by atoms with van der Waals surface area (Å²) in [5, 5.41) is 17.6. The molecule has 0 bridgehead atoms. The average Bonchev–Trinajstić information content (AvgIpc) is 2.97. The zero-order valence-corrected chi connectivity index (χ0v) is 18.0. The number of carbonyl (C=O) groups is 1. The van der Waals surface area contributed by atoms with E-state index in [-0.39, 0.29) is 16.5 Å². The molecule has 2 aromatic carbocycles. The van der Waals surface area contributed by atoms with Crippen molar-refractivity contribution in [1.29, 1.82) is 0 Å². The highest BCUT2D eigenvalue weighted by Crippen LogP contribution is 2.34. The Morgan fingerprint density at radius 1 is 1.10 bits per heavy atom. The molecular weight excluding hydrogens is 428 g/mol. The summed E-state index contributed by atoms with van der Waals surface area (Å²) in [6.45, 7) is 4.72. The van der Waals surface area contributed by atoms with E-state index in [9.17, 15) is 23.3 Å². The number of hydrogen-bond donors (Lipinski definition) is 1. The van der Waals surface area contributed by atoms with E-state index in [0.29, 0.717) is 22.0 Å². The smallest absolute Gasteiger partial charge is 0.283 e.